The largest absolute Gasteiger partial charge is 0.338 e. The van der Waals surface area contributed by atoms with E-state index in [1.165, 1.54) is 0 Å². The Morgan fingerprint density at radius 2 is 1.30 bits per heavy atom. The van der Waals surface area contributed by atoms with Crippen molar-refractivity contribution < 1.29 is 9.59 Å². The number of nitrogens with one attached hydrogen (secondary N) is 3. The van der Waals surface area contributed by atoms with Crippen LogP contribution in [0.5, 0.6) is 0 Å². The minimum absolute atomic E-state index is 0.333. The van der Waals surface area contributed by atoms with Gasteiger partial charge in [0.1, 0.15) is 0 Å². The minimum Gasteiger partial charge on any atom is -0.338 e. The van der Waals surface area contributed by atoms with Crippen molar-refractivity contribution in [3.63, 3.8) is 0 Å². The lowest BCUT2D eigenvalue weighted by Gasteiger charge is -2.23. The molecule has 3 aromatic carbocycles. The fourth-order valence-corrected chi connectivity index (χ4v) is 3.51. The summed E-state index contributed by atoms with van der Waals surface area (Å²) >= 11 is 23.8. The lowest BCUT2D eigenvalue weighted by molar-refractivity contribution is 0.252. The Kier molecular flexibility index (Phi) is 9.09. The van der Waals surface area contributed by atoms with Crippen LogP contribution in [0.1, 0.15) is 6.42 Å². The van der Waals surface area contributed by atoms with Gasteiger partial charge in [0.2, 0.25) is 0 Å². The topological polar surface area (TPSA) is 73.5 Å². The third-order valence-corrected chi connectivity index (χ3v) is 5.98. The molecule has 0 fully saturated rings. The van der Waals surface area contributed by atoms with Gasteiger partial charge in [-0.05, 0) is 55.0 Å². The van der Waals surface area contributed by atoms with Crippen LogP contribution in [0.25, 0.3) is 0 Å². The van der Waals surface area contributed by atoms with Gasteiger partial charge in [-0.15, -0.1) is 0 Å². The van der Waals surface area contributed by atoms with E-state index in [9.17, 15) is 9.59 Å². The Bertz CT molecular complexity index is 1130. The highest BCUT2D eigenvalue weighted by Gasteiger charge is 2.16. The second-order valence-electron chi connectivity index (χ2n) is 6.91. The van der Waals surface area contributed by atoms with Gasteiger partial charge in [0, 0.05) is 30.2 Å². The van der Waals surface area contributed by atoms with Crippen LogP contribution in [0.3, 0.4) is 0 Å². The first-order chi connectivity index (χ1) is 15.8. The molecule has 0 heterocycles. The fraction of sp³-hybridized carbons (Fsp3) is 0.130. The molecule has 3 aromatic rings. The van der Waals surface area contributed by atoms with E-state index in [2.05, 4.69) is 16.0 Å². The maximum absolute atomic E-state index is 13.0. The van der Waals surface area contributed by atoms with Gasteiger partial charge in [-0.1, -0.05) is 64.6 Å². The molecule has 0 spiro atoms. The Hall–Kier alpha value is -2.64. The smallest absolute Gasteiger partial charge is 0.326 e. The average molecular weight is 526 g/mol. The molecule has 0 unspecified atom stereocenters. The van der Waals surface area contributed by atoms with Crippen LogP contribution in [0, 0.1) is 0 Å². The molecule has 0 aliphatic carbocycles. The minimum atomic E-state index is -0.389. The van der Waals surface area contributed by atoms with Crippen LogP contribution < -0.4 is 20.9 Å². The van der Waals surface area contributed by atoms with E-state index in [0.717, 1.165) is 5.69 Å². The molecule has 172 valence electrons. The summed E-state index contributed by atoms with van der Waals surface area (Å²) in [5.41, 5.74) is 1.76. The Morgan fingerprint density at radius 3 is 1.88 bits per heavy atom. The van der Waals surface area contributed by atoms with E-state index in [4.69, 9.17) is 46.4 Å². The molecule has 0 saturated carbocycles. The van der Waals surface area contributed by atoms with Crippen molar-refractivity contribution in [2.24, 2.45) is 0 Å². The van der Waals surface area contributed by atoms with Crippen LogP contribution in [0.15, 0.2) is 66.7 Å². The number of halogens is 4. The number of para-hydroxylation sites is 1. The van der Waals surface area contributed by atoms with Gasteiger partial charge in [0.05, 0.1) is 20.1 Å². The Labute approximate surface area is 211 Å². The zero-order valence-electron chi connectivity index (χ0n) is 17.2. The van der Waals surface area contributed by atoms with Gasteiger partial charge in [-0.3, -0.25) is 4.90 Å². The molecular weight excluding hydrogens is 506 g/mol. The SMILES string of the molecule is O=C(NCCCN(C(=O)Nc1ccc(Cl)c(Cl)c1)c1ccccc1)Nc1ccc(Cl)c(Cl)c1. The quantitative estimate of drug-likeness (QED) is 0.278. The average Bonchev–Trinajstić information content (AvgIpc) is 2.79. The molecule has 6 nitrogen and oxygen atoms in total. The summed E-state index contributed by atoms with van der Waals surface area (Å²) in [5, 5.41) is 9.77. The summed E-state index contributed by atoms with van der Waals surface area (Å²) in [4.78, 5) is 26.7. The molecule has 4 amide bonds. The van der Waals surface area contributed by atoms with E-state index in [0.29, 0.717) is 51.0 Å². The summed E-state index contributed by atoms with van der Waals surface area (Å²) < 4.78 is 0. The Morgan fingerprint density at radius 1 is 0.727 bits per heavy atom. The van der Waals surface area contributed by atoms with Gasteiger partial charge in [-0.25, -0.2) is 9.59 Å². The molecule has 0 radical (unpaired) electrons. The van der Waals surface area contributed by atoms with Crippen molar-refractivity contribution in [1.29, 1.82) is 0 Å². The number of hydrogen-bond donors (Lipinski definition) is 3. The number of nitrogens with zero attached hydrogens (tertiary/aromatic N) is 1. The molecule has 0 saturated heterocycles. The zero-order chi connectivity index (χ0) is 23.8. The standard InChI is InChI=1S/C23H20Cl4N4O2/c24-18-9-7-15(13-20(18)26)29-22(32)28-11-4-12-31(17-5-2-1-3-6-17)23(33)30-16-8-10-19(25)21(27)14-16/h1-3,5-10,13-14H,4,11-12H2,(H,30,33)(H2,28,29,32). The summed E-state index contributed by atoms with van der Waals surface area (Å²) in [7, 11) is 0. The first-order valence-electron chi connectivity index (χ1n) is 9.92. The van der Waals surface area contributed by atoms with Gasteiger partial charge in [0.25, 0.3) is 0 Å². The number of rotatable bonds is 7. The lowest BCUT2D eigenvalue weighted by atomic mass is 10.2. The summed E-state index contributed by atoms with van der Waals surface area (Å²) in [6.45, 7) is 0.709. The van der Waals surface area contributed by atoms with Crippen LogP contribution >= 0.6 is 46.4 Å². The van der Waals surface area contributed by atoms with E-state index in [1.807, 2.05) is 30.3 Å². The molecule has 0 aliphatic rings. The van der Waals surface area contributed by atoms with Crippen molar-refractivity contribution in [2.45, 2.75) is 6.42 Å². The maximum Gasteiger partial charge on any atom is 0.326 e. The second kappa shape index (κ2) is 12.0. The molecule has 33 heavy (non-hydrogen) atoms. The van der Waals surface area contributed by atoms with Gasteiger partial charge >= 0.3 is 12.1 Å². The van der Waals surface area contributed by atoms with Gasteiger partial charge < -0.3 is 16.0 Å². The first-order valence-corrected chi connectivity index (χ1v) is 11.4. The molecule has 3 rings (SSSR count). The van der Waals surface area contributed by atoms with Crippen molar-refractivity contribution in [3.05, 3.63) is 86.8 Å². The van der Waals surface area contributed by atoms with Crippen LogP contribution in [0.4, 0.5) is 26.7 Å². The lowest BCUT2D eigenvalue weighted by Crippen LogP contribution is -2.38. The van der Waals surface area contributed by atoms with Crippen molar-refractivity contribution in [2.75, 3.05) is 28.6 Å². The predicted octanol–water partition coefficient (Wildman–Crippen LogP) is 7.55. The van der Waals surface area contributed by atoms with Crippen LogP contribution in [-0.4, -0.2) is 25.2 Å². The third kappa shape index (κ3) is 7.44. The number of carbonyl (C=O) groups is 2. The summed E-state index contributed by atoms with van der Waals surface area (Å²) in [6.07, 6.45) is 0.512. The number of hydrogen-bond acceptors (Lipinski definition) is 2. The van der Waals surface area contributed by atoms with E-state index >= 15 is 0 Å². The molecule has 0 aromatic heterocycles. The highest BCUT2D eigenvalue weighted by atomic mass is 35.5. The molecule has 10 heteroatoms. The van der Waals surface area contributed by atoms with Crippen molar-refractivity contribution >= 4 is 75.5 Å². The molecule has 0 aliphatic heterocycles. The maximum atomic E-state index is 13.0. The van der Waals surface area contributed by atoms with Gasteiger partial charge in [-0.2, -0.15) is 0 Å². The number of carbonyl (C=O) groups excluding carboxylic acids is 2. The molecule has 0 atom stereocenters. The fourth-order valence-electron chi connectivity index (χ4n) is 2.91. The molecular formula is C23H20Cl4N4O2. The second-order valence-corrected chi connectivity index (χ2v) is 8.54. The third-order valence-electron chi connectivity index (χ3n) is 4.51. The number of anilines is 3. The summed E-state index contributed by atoms with van der Waals surface area (Å²) in [6, 6.07) is 18.2. The number of benzene rings is 3. The summed E-state index contributed by atoms with van der Waals surface area (Å²) in [5.74, 6) is 0. The van der Waals surface area contributed by atoms with Gasteiger partial charge in [0.15, 0.2) is 0 Å². The van der Waals surface area contributed by atoms with Crippen LogP contribution in [-0.2, 0) is 0 Å². The first kappa shape index (κ1) is 25.0. The highest BCUT2D eigenvalue weighted by Crippen LogP contribution is 2.26. The highest BCUT2D eigenvalue weighted by molar-refractivity contribution is 6.42. The number of urea groups is 2. The van der Waals surface area contributed by atoms with Crippen molar-refractivity contribution in [3.8, 4) is 0 Å². The molecule has 0 bridgehead atoms. The van der Waals surface area contributed by atoms with E-state index in [1.54, 1.807) is 41.3 Å². The van der Waals surface area contributed by atoms with E-state index < -0.39 is 0 Å². The molecule has 3 N–H and O–H groups in total. The zero-order valence-corrected chi connectivity index (χ0v) is 20.3. The van der Waals surface area contributed by atoms with Crippen LogP contribution in [0.2, 0.25) is 20.1 Å². The Balaban J connectivity index is 1.56. The predicted molar refractivity (Wildman–Crippen MR) is 137 cm³/mol. The van der Waals surface area contributed by atoms with E-state index in [-0.39, 0.29) is 12.1 Å². The van der Waals surface area contributed by atoms with Crippen molar-refractivity contribution in [1.82, 2.24) is 5.32 Å². The number of amides is 4. The normalized spacial score (nSPS) is 10.4. The monoisotopic (exact) mass is 524 g/mol.